The van der Waals surface area contributed by atoms with Crippen molar-refractivity contribution in [1.82, 2.24) is 15.5 Å². The van der Waals surface area contributed by atoms with E-state index in [0.29, 0.717) is 24.7 Å². The molecule has 0 bridgehead atoms. The van der Waals surface area contributed by atoms with Gasteiger partial charge in [0, 0.05) is 17.4 Å². The second-order valence-electron chi connectivity index (χ2n) is 3.79. The number of aromatic nitrogens is 2. The van der Waals surface area contributed by atoms with Crippen LogP contribution in [0, 0.1) is 0 Å². The van der Waals surface area contributed by atoms with Crippen LogP contribution in [0.25, 0.3) is 0 Å². The zero-order valence-corrected chi connectivity index (χ0v) is 11.5. The van der Waals surface area contributed by atoms with Crippen molar-refractivity contribution in [3.05, 3.63) is 58.7 Å². The smallest absolute Gasteiger partial charge is 0.240 e. The minimum atomic E-state index is 0.564. The van der Waals surface area contributed by atoms with Gasteiger partial charge in [-0.15, -0.1) is 6.58 Å². The van der Waals surface area contributed by atoms with Gasteiger partial charge in [-0.1, -0.05) is 45.4 Å². The molecule has 0 fully saturated rings. The minimum Gasteiger partial charge on any atom is -0.338 e. The molecule has 0 aliphatic heterocycles. The standard InChI is InChI=1S/C13H14BrN3O/c1-2-7-15-9-13-16-12(17-18-13)8-10-5-3-4-6-11(10)14/h2-6,15H,1,7-9H2. The summed E-state index contributed by atoms with van der Waals surface area (Å²) in [4.78, 5) is 4.32. The average Bonchev–Trinajstić information content (AvgIpc) is 2.80. The molecule has 0 radical (unpaired) electrons. The first-order valence-corrected chi connectivity index (χ1v) is 6.45. The summed E-state index contributed by atoms with van der Waals surface area (Å²) in [5, 5.41) is 7.07. The number of halogens is 1. The van der Waals surface area contributed by atoms with Crippen molar-refractivity contribution in [2.45, 2.75) is 13.0 Å². The number of benzene rings is 1. The Bertz CT molecular complexity index is 524. The third kappa shape index (κ3) is 3.51. The highest BCUT2D eigenvalue weighted by atomic mass is 79.9. The quantitative estimate of drug-likeness (QED) is 0.658. The highest BCUT2D eigenvalue weighted by molar-refractivity contribution is 9.10. The molecule has 2 rings (SSSR count). The van der Waals surface area contributed by atoms with Gasteiger partial charge in [0.15, 0.2) is 5.82 Å². The highest BCUT2D eigenvalue weighted by Gasteiger charge is 2.08. The van der Waals surface area contributed by atoms with Crippen LogP contribution >= 0.6 is 15.9 Å². The topological polar surface area (TPSA) is 51.0 Å². The molecule has 0 saturated heterocycles. The number of nitrogens with one attached hydrogen (secondary N) is 1. The average molecular weight is 308 g/mol. The van der Waals surface area contributed by atoms with Crippen LogP contribution < -0.4 is 5.32 Å². The van der Waals surface area contributed by atoms with Gasteiger partial charge in [-0.25, -0.2) is 0 Å². The fraction of sp³-hybridized carbons (Fsp3) is 0.231. The Morgan fingerprint density at radius 2 is 2.22 bits per heavy atom. The summed E-state index contributed by atoms with van der Waals surface area (Å²) in [5.41, 5.74) is 1.14. The van der Waals surface area contributed by atoms with E-state index in [-0.39, 0.29) is 0 Å². The van der Waals surface area contributed by atoms with Crippen molar-refractivity contribution < 1.29 is 4.52 Å². The van der Waals surface area contributed by atoms with Crippen LogP contribution in [0.15, 0.2) is 45.9 Å². The number of hydrogen-bond donors (Lipinski definition) is 1. The SMILES string of the molecule is C=CCNCc1nc(Cc2ccccc2Br)no1. The van der Waals surface area contributed by atoms with Crippen LogP contribution in [0.5, 0.6) is 0 Å². The predicted octanol–water partition coefficient (Wildman–Crippen LogP) is 2.70. The fourth-order valence-electron chi connectivity index (χ4n) is 1.53. The molecule has 1 heterocycles. The number of rotatable bonds is 6. The lowest BCUT2D eigenvalue weighted by atomic mass is 10.1. The van der Waals surface area contributed by atoms with Crippen LogP contribution in [0.3, 0.4) is 0 Å². The van der Waals surface area contributed by atoms with Crippen LogP contribution in [-0.2, 0) is 13.0 Å². The van der Waals surface area contributed by atoms with Crippen molar-refractivity contribution in [3.8, 4) is 0 Å². The monoisotopic (exact) mass is 307 g/mol. The van der Waals surface area contributed by atoms with E-state index in [1.54, 1.807) is 6.08 Å². The Labute approximate surface area is 114 Å². The van der Waals surface area contributed by atoms with E-state index in [9.17, 15) is 0 Å². The summed E-state index contributed by atoms with van der Waals surface area (Å²) in [6.07, 6.45) is 2.45. The van der Waals surface area contributed by atoms with Gasteiger partial charge in [-0.3, -0.25) is 0 Å². The Kier molecular flexibility index (Phi) is 4.66. The van der Waals surface area contributed by atoms with Crippen molar-refractivity contribution in [2.75, 3.05) is 6.54 Å². The molecule has 0 spiro atoms. The van der Waals surface area contributed by atoms with E-state index in [1.807, 2.05) is 24.3 Å². The number of hydrogen-bond acceptors (Lipinski definition) is 4. The lowest BCUT2D eigenvalue weighted by Gasteiger charge is -1.99. The lowest BCUT2D eigenvalue weighted by Crippen LogP contribution is -2.12. The van der Waals surface area contributed by atoms with Crippen molar-refractivity contribution in [3.63, 3.8) is 0 Å². The van der Waals surface area contributed by atoms with Crippen LogP contribution in [-0.4, -0.2) is 16.7 Å². The van der Waals surface area contributed by atoms with Crippen LogP contribution in [0.4, 0.5) is 0 Å². The first kappa shape index (κ1) is 13.0. The summed E-state index contributed by atoms with van der Waals surface area (Å²) >= 11 is 3.50. The molecule has 4 nitrogen and oxygen atoms in total. The summed E-state index contributed by atoms with van der Waals surface area (Å²) < 4.78 is 6.21. The van der Waals surface area contributed by atoms with Gasteiger partial charge in [0.25, 0.3) is 0 Å². The molecule has 2 aromatic rings. The van der Waals surface area contributed by atoms with Gasteiger partial charge < -0.3 is 9.84 Å². The third-order valence-electron chi connectivity index (χ3n) is 2.38. The van der Waals surface area contributed by atoms with Gasteiger partial charge in [0.2, 0.25) is 5.89 Å². The van der Waals surface area contributed by atoms with Gasteiger partial charge in [0.1, 0.15) is 0 Å². The van der Waals surface area contributed by atoms with Crippen molar-refractivity contribution in [1.29, 1.82) is 0 Å². The largest absolute Gasteiger partial charge is 0.338 e. The van der Waals surface area contributed by atoms with Gasteiger partial charge in [-0.2, -0.15) is 4.98 Å². The van der Waals surface area contributed by atoms with Crippen molar-refractivity contribution in [2.24, 2.45) is 0 Å². The summed E-state index contributed by atoms with van der Waals surface area (Å²) in [5.74, 6) is 1.29. The Morgan fingerprint density at radius 3 is 3.00 bits per heavy atom. The molecule has 0 amide bonds. The Hall–Kier alpha value is -1.46. The van der Waals surface area contributed by atoms with Gasteiger partial charge >= 0.3 is 0 Å². The molecule has 5 heteroatoms. The summed E-state index contributed by atoms with van der Waals surface area (Å²) in [6.45, 7) is 4.92. The molecular weight excluding hydrogens is 294 g/mol. The van der Waals surface area contributed by atoms with Crippen LogP contribution in [0.2, 0.25) is 0 Å². The van der Waals surface area contributed by atoms with E-state index >= 15 is 0 Å². The first-order valence-electron chi connectivity index (χ1n) is 5.66. The molecule has 0 aliphatic carbocycles. The summed E-state index contributed by atoms with van der Waals surface area (Å²) in [6, 6.07) is 8.01. The predicted molar refractivity (Wildman–Crippen MR) is 73.1 cm³/mol. The zero-order valence-electron chi connectivity index (χ0n) is 9.90. The molecule has 1 aromatic carbocycles. The zero-order chi connectivity index (χ0) is 12.8. The minimum absolute atomic E-state index is 0.564. The normalized spacial score (nSPS) is 10.5. The maximum Gasteiger partial charge on any atom is 0.240 e. The van der Waals surface area contributed by atoms with E-state index in [2.05, 4.69) is 38.0 Å². The maximum absolute atomic E-state index is 5.15. The van der Waals surface area contributed by atoms with Crippen LogP contribution in [0.1, 0.15) is 17.3 Å². The second kappa shape index (κ2) is 6.47. The highest BCUT2D eigenvalue weighted by Crippen LogP contribution is 2.18. The van der Waals surface area contributed by atoms with E-state index in [4.69, 9.17) is 4.52 Å². The lowest BCUT2D eigenvalue weighted by molar-refractivity contribution is 0.366. The molecule has 1 N–H and O–H groups in total. The molecular formula is C13H14BrN3O. The summed E-state index contributed by atoms with van der Waals surface area (Å²) in [7, 11) is 0. The molecule has 0 saturated carbocycles. The van der Waals surface area contributed by atoms with E-state index < -0.39 is 0 Å². The molecule has 0 aliphatic rings. The molecule has 0 atom stereocenters. The molecule has 0 unspecified atom stereocenters. The maximum atomic E-state index is 5.15. The number of nitrogens with zero attached hydrogens (tertiary/aromatic N) is 2. The fourth-order valence-corrected chi connectivity index (χ4v) is 1.95. The van der Waals surface area contributed by atoms with Gasteiger partial charge in [0.05, 0.1) is 6.54 Å². The van der Waals surface area contributed by atoms with E-state index in [1.165, 1.54) is 0 Å². The second-order valence-corrected chi connectivity index (χ2v) is 4.65. The first-order chi connectivity index (χ1) is 8.79. The molecule has 1 aromatic heterocycles. The third-order valence-corrected chi connectivity index (χ3v) is 3.16. The molecule has 18 heavy (non-hydrogen) atoms. The Balaban J connectivity index is 1.98. The van der Waals surface area contributed by atoms with Crippen molar-refractivity contribution >= 4 is 15.9 Å². The van der Waals surface area contributed by atoms with Gasteiger partial charge in [-0.05, 0) is 11.6 Å². The van der Waals surface area contributed by atoms with E-state index in [0.717, 1.165) is 16.6 Å². The molecule has 94 valence electrons. The Morgan fingerprint density at radius 1 is 1.39 bits per heavy atom.